The molecular weight excluding hydrogens is 280 g/mol. The van der Waals surface area contributed by atoms with E-state index in [4.69, 9.17) is 0 Å². The molecule has 6 nitrogen and oxygen atoms in total. The third kappa shape index (κ3) is 1.81. The summed E-state index contributed by atoms with van der Waals surface area (Å²) in [6.45, 7) is 0. The van der Waals surface area contributed by atoms with Gasteiger partial charge in [0.25, 0.3) is 5.91 Å². The highest BCUT2D eigenvalue weighted by Gasteiger charge is 2.18. The summed E-state index contributed by atoms with van der Waals surface area (Å²) in [5.41, 5.74) is 1.22. The molecule has 0 aliphatic heterocycles. The van der Waals surface area contributed by atoms with Crippen LogP contribution in [0.3, 0.4) is 0 Å². The van der Waals surface area contributed by atoms with Crippen LogP contribution in [-0.4, -0.2) is 25.4 Å². The molecule has 0 unspecified atom stereocenters. The molecule has 1 aromatic carbocycles. The Morgan fingerprint density at radius 1 is 1.09 bits per heavy atom. The summed E-state index contributed by atoms with van der Waals surface area (Å²) >= 11 is 0. The Morgan fingerprint density at radius 3 is 2.73 bits per heavy atom. The number of pyridine rings is 2. The molecule has 3 heterocycles. The fraction of sp³-hybridized carbons (Fsp3) is 0. The molecule has 0 amide bonds. The second-order valence-electron chi connectivity index (χ2n) is 4.84. The molecular formula is C16H10N4O2. The molecule has 0 radical (unpaired) electrons. The molecule has 6 heteroatoms. The third-order valence-corrected chi connectivity index (χ3v) is 3.45. The Kier molecular flexibility index (Phi) is 2.62. The van der Waals surface area contributed by atoms with Crippen LogP contribution in [0.15, 0.2) is 59.5 Å². The molecule has 0 spiro atoms. The molecule has 0 bridgehead atoms. The van der Waals surface area contributed by atoms with Gasteiger partial charge in [-0.15, -0.1) is 0 Å². The first-order chi connectivity index (χ1) is 10.7. The van der Waals surface area contributed by atoms with Crippen molar-refractivity contribution in [2.75, 3.05) is 0 Å². The first-order valence-corrected chi connectivity index (χ1v) is 6.70. The number of imidazole rings is 1. The Balaban J connectivity index is 2.01. The summed E-state index contributed by atoms with van der Waals surface area (Å²) < 4.78 is 1.02. The number of hydrogen-bond donors (Lipinski definition) is 1. The van der Waals surface area contributed by atoms with E-state index >= 15 is 0 Å². The highest BCUT2D eigenvalue weighted by atomic mass is 16.2. The van der Waals surface area contributed by atoms with Crippen LogP contribution in [0.1, 0.15) is 10.5 Å². The highest BCUT2D eigenvalue weighted by Crippen LogP contribution is 2.17. The fourth-order valence-electron chi connectivity index (χ4n) is 2.43. The molecule has 0 atom stereocenters. The van der Waals surface area contributed by atoms with Gasteiger partial charge < -0.3 is 4.98 Å². The van der Waals surface area contributed by atoms with Crippen molar-refractivity contribution >= 4 is 28.0 Å². The Hall–Kier alpha value is -3.28. The van der Waals surface area contributed by atoms with Gasteiger partial charge in [-0.3, -0.25) is 9.78 Å². The zero-order valence-electron chi connectivity index (χ0n) is 11.4. The van der Waals surface area contributed by atoms with Crippen LogP contribution in [0.25, 0.3) is 22.1 Å². The molecule has 0 aliphatic carbocycles. The summed E-state index contributed by atoms with van der Waals surface area (Å²) in [6.07, 6.45) is 1.51. The standard InChI is InChI=1S/C16H10N4O2/c21-15(12-7-3-4-8-17-12)20-14-13(19-16(20)22)9-10-5-1-2-6-11(10)18-14/h1-9H,(H,19,22). The van der Waals surface area contributed by atoms with Gasteiger partial charge in [0.05, 0.1) is 11.0 Å². The first-order valence-electron chi connectivity index (χ1n) is 6.70. The lowest BCUT2D eigenvalue weighted by Crippen LogP contribution is -2.25. The normalized spacial score (nSPS) is 11.1. The van der Waals surface area contributed by atoms with Crippen molar-refractivity contribution in [3.63, 3.8) is 0 Å². The van der Waals surface area contributed by atoms with Gasteiger partial charge in [-0.05, 0) is 24.3 Å². The van der Waals surface area contributed by atoms with E-state index in [1.807, 2.05) is 24.3 Å². The number of aromatic amines is 1. The van der Waals surface area contributed by atoms with Crippen LogP contribution >= 0.6 is 0 Å². The van der Waals surface area contributed by atoms with Crippen LogP contribution in [0, 0.1) is 0 Å². The number of nitrogens with zero attached hydrogens (tertiary/aromatic N) is 3. The van der Waals surface area contributed by atoms with E-state index in [9.17, 15) is 9.59 Å². The summed E-state index contributed by atoms with van der Waals surface area (Å²) in [5.74, 6) is -0.500. The predicted molar refractivity (Wildman–Crippen MR) is 81.8 cm³/mol. The molecule has 4 aromatic rings. The molecule has 106 valence electrons. The van der Waals surface area contributed by atoms with Crippen molar-refractivity contribution in [3.05, 3.63) is 70.9 Å². The third-order valence-electron chi connectivity index (χ3n) is 3.45. The largest absolute Gasteiger partial charge is 0.334 e. The van der Waals surface area contributed by atoms with E-state index in [-0.39, 0.29) is 5.69 Å². The lowest BCUT2D eigenvalue weighted by Gasteiger charge is -2.02. The number of hydrogen-bond acceptors (Lipinski definition) is 4. The SMILES string of the molecule is O=C(c1ccccn1)n1c(=O)[nH]c2cc3ccccc3nc21. The van der Waals surface area contributed by atoms with Gasteiger partial charge in [-0.25, -0.2) is 14.3 Å². The van der Waals surface area contributed by atoms with Crippen LogP contribution in [-0.2, 0) is 0 Å². The van der Waals surface area contributed by atoms with Gasteiger partial charge in [0.1, 0.15) is 5.69 Å². The number of aromatic nitrogens is 4. The van der Waals surface area contributed by atoms with E-state index in [1.54, 1.807) is 24.3 Å². The van der Waals surface area contributed by atoms with Crippen molar-refractivity contribution in [1.82, 2.24) is 19.5 Å². The van der Waals surface area contributed by atoms with Gasteiger partial charge in [0, 0.05) is 11.6 Å². The maximum absolute atomic E-state index is 12.5. The van der Waals surface area contributed by atoms with Crippen molar-refractivity contribution in [3.8, 4) is 0 Å². The lowest BCUT2D eigenvalue weighted by atomic mass is 10.2. The summed E-state index contributed by atoms with van der Waals surface area (Å²) in [6, 6.07) is 14.3. The first kappa shape index (κ1) is 12.5. The minimum Gasteiger partial charge on any atom is -0.304 e. The summed E-state index contributed by atoms with van der Waals surface area (Å²) in [5, 5.41) is 0.897. The summed E-state index contributed by atoms with van der Waals surface area (Å²) in [4.78, 5) is 35.8. The Labute approximate surface area is 124 Å². The second-order valence-corrected chi connectivity index (χ2v) is 4.84. The number of benzene rings is 1. The average Bonchev–Trinajstić information content (AvgIpc) is 2.87. The maximum atomic E-state index is 12.5. The predicted octanol–water partition coefficient (Wildman–Crippen LogP) is 1.96. The molecule has 1 N–H and O–H groups in total. The monoisotopic (exact) mass is 290 g/mol. The smallest absolute Gasteiger partial charge is 0.304 e. The Morgan fingerprint density at radius 2 is 1.91 bits per heavy atom. The van der Waals surface area contributed by atoms with Gasteiger partial charge in [0.15, 0.2) is 5.65 Å². The van der Waals surface area contributed by atoms with E-state index in [1.165, 1.54) is 6.20 Å². The van der Waals surface area contributed by atoms with Crippen LogP contribution < -0.4 is 5.69 Å². The van der Waals surface area contributed by atoms with Gasteiger partial charge >= 0.3 is 5.69 Å². The number of nitrogens with one attached hydrogen (secondary N) is 1. The lowest BCUT2D eigenvalue weighted by molar-refractivity contribution is 0.0955. The maximum Gasteiger partial charge on any atom is 0.334 e. The van der Waals surface area contributed by atoms with E-state index in [2.05, 4.69) is 15.0 Å². The average molecular weight is 290 g/mol. The molecule has 22 heavy (non-hydrogen) atoms. The van der Waals surface area contributed by atoms with Crippen LogP contribution in [0.2, 0.25) is 0 Å². The summed E-state index contributed by atoms with van der Waals surface area (Å²) in [7, 11) is 0. The molecule has 0 saturated heterocycles. The van der Waals surface area contributed by atoms with Crippen molar-refractivity contribution in [1.29, 1.82) is 0 Å². The Bertz CT molecular complexity index is 1060. The number of rotatable bonds is 1. The van der Waals surface area contributed by atoms with Crippen LogP contribution in [0.5, 0.6) is 0 Å². The molecule has 0 fully saturated rings. The van der Waals surface area contributed by atoms with Crippen molar-refractivity contribution < 1.29 is 4.79 Å². The molecule has 4 rings (SSSR count). The van der Waals surface area contributed by atoms with Gasteiger partial charge in [-0.1, -0.05) is 24.3 Å². The topological polar surface area (TPSA) is 80.6 Å². The zero-order valence-corrected chi connectivity index (χ0v) is 11.4. The van der Waals surface area contributed by atoms with E-state index in [0.29, 0.717) is 11.2 Å². The fourth-order valence-corrected chi connectivity index (χ4v) is 2.43. The molecule has 3 aromatic heterocycles. The van der Waals surface area contributed by atoms with Gasteiger partial charge in [-0.2, -0.15) is 0 Å². The molecule has 0 aliphatic rings. The minimum absolute atomic E-state index is 0.195. The van der Waals surface area contributed by atoms with Crippen LogP contribution in [0.4, 0.5) is 0 Å². The highest BCUT2D eigenvalue weighted by molar-refractivity contribution is 6.00. The number of carbonyl (C=O) groups excluding carboxylic acids is 1. The quantitative estimate of drug-likeness (QED) is 0.581. The van der Waals surface area contributed by atoms with E-state index < -0.39 is 11.6 Å². The number of para-hydroxylation sites is 1. The second kappa shape index (κ2) is 4.63. The van der Waals surface area contributed by atoms with Crippen molar-refractivity contribution in [2.45, 2.75) is 0 Å². The number of fused-ring (bicyclic) bond motifs is 2. The zero-order chi connectivity index (χ0) is 15.1. The number of H-pyrrole nitrogens is 1. The van der Waals surface area contributed by atoms with Crippen molar-refractivity contribution in [2.24, 2.45) is 0 Å². The van der Waals surface area contributed by atoms with E-state index in [0.717, 1.165) is 15.5 Å². The minimum atomic E-state index is -0.520. The number of carbonyl (C=O) groups is 1. The molecule has 0 saturated carbocycles. The van der Waals surface area contributed by atoms with Gasteiger partial charge in [0.2, 0.25) is 0 Å².